The number of nitrogens with zero attached hydrogens (tertiary/aromatic N) is 2. The van der Waals surface area contributed by atoms with Crippen molar-refractivity contribution in [2.24, 2.45) is 0 Å². The quantitative estimate of drug-likeness (QED) is 0.650. The third-order valence-electron chi connectivity index (χ3n) is 1.67. The zero-order chi connectivity index (χ0) is 10.7. The zero-order valence-electron chi connectivity index (χ0n) is 7.94. The molecule has 0 amide bonds. The van der Waals surface area contributed by atoms with E-state index in [1.54, 1.807) is 13.0 Å². The average Bonchev–Trinajstić information content (AvgIpc) is 2.01. The Morgan fingerprint density at radius 1 is 1.50 bits per heavy atom. The molecule has 6 heteroatoms. The van der Waals surface area contributed by atoms with Crippen LogP contribution in [0, 0.1) is 0 Å². The molecule has 0 aliphatic rings. The van der Waals surface area contributed by atoms with Gasteiger partial charge in [0.25, 0.3) is 0 Å². The maximum atomic E-state index is 9.31. The number of aliphatic hydroxyl groups is 1. The van der Waals surface area contributed by atoms with Crippen LogP contribution in [-0.2, 0) is 0 Å². The molecule has 78 valence electrons. The molecule has 2 atom stereocenters. The second-order valence-corrected chi connectivity index (χ2v) is 5.16. The Labute approximate surface area is 95.5 Å². The molecule has 1 aromatic rings. The van der Waals surface area contributed by atoms with Crippen molar-refractivity contribution in [2.45, 2.75) is 30.2 Å². The Hall–Kier alpha value is -0.330. The number of nitrogen functional groups attached to an aromatic ring is 1. The van der Waals surface area contributed by atoms with Crippen LogP contribution in [0.5, 0.6) is 0 Å². The molecule has 0 bridgehead atoms. The van der Waals surface area contributed by atoms with Crippen molar-refractivity contribution in [3.8, 4) is 0 Å². The van der Waals surface area contributed by atoms with Crippen LogP contribution in [0.4, 0.5) is 5.95 Å². The second kappa shape index (κ2) is 4.95. The van der Waals surface area contributed by atoms with E-state index in [2.05, 4.69) is 25.9 Å². The van der Waals surface area contributed by atoms with E-state index >= 15 is 0 Å². The van der Waals surface area contributed by atoms with Crippen molar-refractivity contribution in [1.82, 2.24) is 9.97 Å². The molecule has 4 nitrogen and oxygen atoms in total. The lowest BCUT2D eigenvalue weighted by Gasteiger charge is -2.13. The van der Waals surface area contributed by atoms with Gasteiger partial charge in [0.1, 0.15) is 9.63 Å². The molecule has 3 N–H and O–H groups in total. The van der Waals surface area contributed by atoms with Crippen molar-refractivity contribution in [2.75, 3.05) is 5.73 Å². The number of anilines is 1. The molecule has 0 fully saturated rings. The van der Waals surface area contributed by atoms with Crippen LogP contribution in [0.25, 0.3) is 0 Å². The normalized spacial score (nSPS) is 15.1. The summed E-state index contributed by atoms with van der Waals surface area (Å²) in [6, 6.07) is 1.78. The smallest absolute Gasteiger partial charge is 0.222 e. The van der Waals surface area contributed by atoms with E-state index in [0.29, 0.717) is 4.60 Å². The second-order valence-electron chi connectivity index (χ2n) is 2.95. The fourth-order valence-electron chi connectivity index (χ4n) is 0.763. The molecular formula is C8H12BrN3OS. The minimum Gasteiger partial charge on any atom is -0.392 e. The van der Waals surface area contributed by atoms with E-state index in [1.807, 2.05) is 6.92 Å². The molecule has 2 unspecified atom stereocenters. The summed E-state index contributed by atoms with van der Waals surface area (Å²) in [5, 5.41) is 10.2. The number of halogens is 1. The van der Waals surface area contributed by atoms with Crippen molar-refractivity contribution >= 4 is 33.6 Å². The summed E-state index contributed by atoms with van der Waals surface area (Å²) in [6.45, 7) is 3.68. The SMILES string of the molecule is CC(O)C(C)Sc1cc(Br)nc(N)n1. The van der Waals surface area contributed by atoms with Crippen LogP contribution in [0.2, 0.25) is 0 Å². The maximum absolute atomic E-state index is 9.31. The Kier molecular flexibility index (Phi) is 4.15. The minimum atomic E-state index is -0.380. The van der Waals surface area contributed by atoms with Crippen LogP contribution < -0.4 is 5.73 Å². The molecule has 1 rings (SSSR count). The highest BCUT2D eigenvalue weighted by Crippen LogP contribution is 2.25. The molecule has 1 heterocycles. The number of aromatic nitrogens is 2. The first-order valence-corrected chi connectivity index (χ1v) is 5.81. The van der Waals surface area contributed by atoms with Gasteiger partial charge in [-0.25, -0.2) is 9.97 Å². The molecule has 0 saturated heterocycles. The Balaban J connectivity index is 2.76. The minimum absolute atomic E-state index is 0.0798. The monoisotopic (exact) mass is 277 g/mol. The zero-order valence-corrected chi connectivity index (χ0v) is 10.3. The molecule has 0 radical (unpaired) electrons. The molecule has 0 aromatic carbocycles. The molecule has 0 spiro atoms. The van der Waals surface area contributed by atoms with Crippen LogP contribution in [0.1, 0.15) is 13.8 Å². The summed E-state index contributed by atoms with van der Waals surface area (Å²) in [4.78, 5) is 7.94. The van der Waals surface area contributed by atoms with Gasteiger partial charge in [-0.05, 0) is 22.9 Å². The summed E-state index contributed by atoms with van der Waals surface area (Å²) in [5.41, 5.74) is 5.48. The fraction of sp³-hybridized carbons (Fsp3) is 0.500. The van der Waals surface area contributed by atoms with Gasteiger partial charge in [-0.15, -0.1) is 11.8 Å². The molecule has 0 aliphatic heterocycles. The molecule has 0 aliphatic carbocycles. The van der Waals surface area contributed by atoms with E-state index in [9.17, 15) is 5.11 Å². The van der Waals surface area contributed by atoms with Crippen molar-refractivity contribution in [3.63, 3.8) is 0 Å². The van der Waals surface area contributed by atoms with Crippen molar-refractivity contribution in [1.29, 1.82) is 0 Å². The number of aliphatic hydroxyl groups excluding tert-OH is 1. The topological polar surface area (TPSA) is 72.0 Å². The Bertz CT molecular complexity index is 301. The van der Waals surface area contributed by atoms with Gasteiger partial charge in [0, 0.05) is 11.3 Å². The van der Waals surface area contributed by atoms with Crippen molar-refractivity contribution < 1.29 is 5.11 Å². The average molecular weight is 278 g/mol. The Morgan fingerprint density at radius 2 is 2.14 bits per heavy atom. The number of rotatable bonds is 3. The largest absolute Gasteiger partial charge is 0.392 e. The standard InChI is InChI=1S/C8H12BrN3OS/c1-4(13)5(2)14-7-3-6(9)11-8(10)12-7/h3-5,13H,1-2H3,(H2,10,11,12). The highest BCUT2D eigenvalue weighted by atomic mass is 79.9. The maximum Gasteiger partial charge on any atom is 0.222 e. The number of nitrogens with two attached hydrogens (primary N) is 1. The van der Waals surface area contributed by atoms with Crippen LogP contribution in [0.15, 0.2) is 15.7 Å². The van der Waals surface area contributed by atoms with Gasteiger partial charge >= 0.3 is 0 Å². The Morgan fingerprint density at radius 3 is 2.64 bits per heavy atom. The van der Waals surface area contributed by atoms with Gasteiger partial charge in [0.05, 0.1) is 6.10 Å². The number of hydrogen-bond donors (Lipinski definition) is 2. The van der Waals surface area contributed by atoms with Gasteiger partial charge in [0.15, 0.2) is 0 Å². The number of thioether (sulfide) groups is 1. The lowest BCUT2D eigenvalue weighted by molar-refractivity contribution is 0.196. The lowest BCUT2D eigenvalue weighted by Crippen LogP contribution is -2.15. The summed E-state index contributed by atoms with van der Waals surface area (Å²) >= 11 is 4.70. The van der Waals surface area contributed by atoms with E-state index in [1.165, 1.54) is 11.8 Å². The highest BCUT2D eigenvalue weighted by molar-refractivity contribution is 9.10. The van der Waals surface area contributed by atoms with Gasteiger partial charge in [-0.3, -0.25) is 0 Å². The summed E-state index contributed by atoms with van der Waals surface area (Å²) in [7, 11) is 0. The molecular weight excluding hydrogens is 266 g/mol. The predicted octanol–water partition coefficient (Wildman–Crippen LogP) is 1.68. The molecule has 1 aromatic heterocycles. The van der Waals surface area contributed by atoms with Gasteiger partial charge in [-0.2, -0.15) is 0 Å². The van der Waals surface area contributed by atoms with Crippen LogP contribution >= 0.6 is 27.7 Å². The third kappa shape index (κ3) is 3.43. The highest BCUT2D eigenvalue weighted by Gasteiger charge is 2.12. The lowest BCUT2D eigenvalue weighted by atomic mass is 10.3. The number of hydrogen-bond acceptors (Lipinski definition) is 5. The predicted molar refractivity (Wildman–Crippen MR) is 61.1 cm³/mol. The molecule has 14 heavy (non-hydrogen) atoms. The molecule has 0 saturated carbocycles. The fourth-order valence-corrected chi connectivity index (χ4v) is 2.22. The van der Waals surface area contributed by atoms with Gasteiger partial charge < -0.3 is 10.8 Å². The van der Waals surface area contributed by atoms with Crippen LogP contribution in [0.3, 0.4) is 0 Å². The first-order chi connectivity index (χ1) is 6.49. The summed E-state index contributed by atoms with van der Waals surface area (Å²) in [6.07, 6.45) is -0.380. The first kappa shape index (κ1) is 11.7. The van der Waals surface area contributed by atoms with E-state index in [-0.39, 0.29) is 17.3 Å². The van der Waals surface area contributed by atoms with E-state index in [0.717, 1.165) is 5.03 Å². The third-order valence-corrected chi connectivity index (χ3v) is 3.30. The van der Waals surface area contributed by atoms with E-state index in [4.69, 9.17) is 5.73 Å². The van der Waals surface area contributed by atoms with Crippen molar-refractivity contribution in [3.05, 3.63) is 10.7 Å². The van der Waals surface area contributed by atoms with Gasteiger partial charge in [-0.1, -0.05) is 6.92 Å². The van der Waals surface area contributed by atoms with Crippen LogP contribution in [-0.4, -0.2) is 26.4 Å². The summed E-state index contributed by atoms with van der Waals surface area (Å²) < 4.78 is 0.658. The van der Waals surface area contributed by atoms with E-state index < -0.39 is 0 Å². The van der Waals surface area contributed by atoms with Gasteiger partial charge in [0.2, 0.25) is 5.95 Å². The summed E-state index contributed by atoms with van der Waals surface area (Å²) in [5.74, 6) is 0.236. The first-order valence-electron chi connectivity index (χ1n) is 4.14.